The van der Waals surface area contributed by atoms with Gasteiger partial charge >= 0.3 is 0 Å². The van der Waals surface area contributed by atoms with Gasteiger partial charge in [0.05, 0.1) is 11.1 Å². The van der Waals surface area contributed by atoms with E-state index in [1.54, 1.807) is 12.1 Å². The predicted octanol–water partition coefficient (Wildman–Crippen LogP) is 3.41. The van der Waals surface area contributed by atoms with Gasteiger partial charge in [0.15, 0.2) is 11.6 Å². The smallest absolute Gasteiger partial charge is 0.173 e. The summed E-state index contributed by atoms with van der Waals surface area (Å²) in [4.78, 5) is 0. The molecule has 0 aliphatic heterocycles. The lowest BCUT2D eigenvalue weighted by Crippen LogP contribution is -2.25. The number of halogens is 2. The van der Waals surface area contributed by atoms with Crippen LogP contribution in [0.25, 0.3) is 0 Å². The second-order valence-electron chi connectivity index (χ2n) is 4.49. The van der Waals surface area contributed by atoms with Gasteiger partial charge in [0, 0.05) is 6.61 Å². The van der Waals surface area contributed by atoms with Gasteiger partial charge in [-0.05, 0) is 43.7 Å². The molecule has 1 N–H and O–H groups in total. The summed E-state index contributed by atoms with van der Waals surface area (Å²) in [6.45, 7) is 0.229. The lowest BCUT2D eigenvalue weighted by Gasteiger charge is -2.28. The summed E-state index contributed by atoms with van der Waals surface area (Å²) < 4.78 is 19.1. The van der Waals surface area contributed by atoms with E-state index >= 15 is 0 Å². The van der Waals surface area contributed by atoms with E-state index in [0.29, 0.717) is 10.9 Å². The number of aliphatic hydroxyl groups is 1. The standard InChI is InChI=1S/C13H16ClFO2/c14-11-2-1-3-12(15)13(11)17-10-6-4-9(8-16)5-7-10/h1-3,9-10,16H,4-8H2. The zero-order chi connectivity index (χ0) is 12.3. The van der Waals surface area contributed by atoms with Crippen LogP contribution in [-0.2, 0) is 0 Å². The number of hydrogen-bond acceptors (Lipinski definition) is 2. The van der Waals surface area contributed by atoms with Crippen LogP contribution in [0.4, 0.5) is 4.39 Å². The zero-order valence-electron chi connectivity index (χ0n) is 9.53. The highest BCUT2D eigenvalue weighted by Crippen LogP contribution is 2.32. The Morgan fingerprint density at radius 3 is 2.59 bits per heavy atom. The van der Waals surface area contributed by atoms with E-state index in [9.17, 15) is 4.39 Å². The van der Waals surface area contributed by atoms with Gasteiger partial charge in [-0.1, -0.05) is 17.7 Å². The van der Waals surface area contributed by atoms with Gasteiger partial charge in [-0.3, -0.25) is 0 Å². The number of rotatable bonds is 3. The average Bonchev–Trinajstić information content (AvgIpc) is 2.35. The summed E-state index contributed by atoms with van der Waals surface area (Å²) in [6.07, 6.45) is 3.54. The summed E-state index contributed by atoms with van der Waals surface area (Å²) in [5, 5.41) is 9.35. The number of hydrogen-bond donors (Lipinski definition) is 1. The van der Waals surface area contributed by atoms with Gasteiger partial charge in [0.25, 0.3) is 0 Å². The second kappa shape index (κ2) is 5.69. The maximum atomic E-state index is 13.5. The Hall–Kier alpha value is -0.800. The molecule has 1 aliphatic rings. The highest BCUT2D eigenvalue weighted by atomic mass is 35.5. The summed E-state index contributed by atoms with van der Waals surface area (Å²) in [5.74, 6) is 0.106. The van der Waals surface area contributed by atoms with Crippen LogP contribution in [0.1, 0.15) is 25.7 Å². The lowest BCUT2D eigenvalue weighted by molar-refractivity contribution is 0.101. The quantitative estimate of drug-likeness (QED) is 0.900. The van der Waals surface area contributed by atoms with Gasteiger partial charge in [-0.25, -0.2) is 4.39 Å². The number of para-hydroxylation sites is 1. The van der Waals surface area contributed by atoms with Gasteiger partial charge < -0.3 is 9.84 Å². The number of benzene rings is 1. The van der Waals surface area contributed by atoms with Crippen LogP contribution in [0, 0.1) is 11.7 Å². The lowest BCUT2D eigenvalue weighted by atomic mass is 9.88. The zero-order valence-corrected chi connectivity index (χ0v) is 10.3. The minimum absolute atomic E-state index is 0.00667. The van der Waals surface area contributed by atoms with Crippen molar-refractivity contribution in [3.05, 3.63) is 29.0 Å². The molecule has 1 aliphatic carbocycles. The molecule has 2 nitrogen and oxygen atoms in total. The Morgan fingerprint density at radius 2 is 2.00 bits per heavy atom. The molecule has 94 valence electrons. The van der Waals surface area contributed by atoms with Crippen molar-refractivity contribution < 1.29 is 14.2 Å². The first-order valence-corrected chi connectivity index (χ1v) is 6.30. The van der Waals surface area contributed by atoms with Gasteiger partial charge in [-0.15, -0.1) is 0 Å². The van der Waals surface area contributed by atoms with Crippen molar-refractivity contribution in [1.29, 1.82) is 0 Å². The summed E-state index contributed by atoms with van der Waals surface area (Å²) in [6, 6.07) is 4.53. The van der Waals surface area contributed by atoms with Crippen LogP contribution in [-0.4, -0.2) is 17.8 Å². The molecule has 17 heavy (non-hydrogen) atoms. The molecular weight excluding hydrogens is 243 g/mol. The minimum atomic E-state index is -0.415. The summed E-state index contributed by atoms with van der Waals surface area (Å²) >= 11 is 5.90. The average molecular weight is 259 g/mol. The molecule has 1 aromatic carbocycles. The van der Waals surface area contributed by atoms with Crippen molar-refractivity contribution >= 4 is 11.6 Å². The summed E-state index contributed by atoms with van der Waals surface area (Å²) in [7, 11) is 0. The topological polar surface area (TPSA) is 29.5 Å². The van der Waals surface area contributed by atoms with E-state index in [1.165, 1.54) is 6.07 Å². The molecule has 0 bridgehead atoms. The van der Waals surface area contributed by atoms with E-state index in [1.807, 2.05) is 0 Å². The third-order valence-corrected chi connectivity index (χ3v) is 3.55. The molecule has 0 aromatic heterocycles. The third kappa shape index (κ3) is 3.11. The fourth-order valence-corrected chi connectivity index (χ4v) is 2.40. The van der Waals surface area contributed by atoms with E-state index in [4.69, 9.17) is 21.4 Å². The van der Waals surface area contributed by atoms with Crippen LogP contribution < -0.4 is 4.74 Å². The first kappa shape index (κ1) is 12.7. The maximum absolute atomic E-state index is 13.5. The molecular formula is C13H16ClFO2. The Balaban J connectivity index is 1.98. The molecule has 0 amide bonds. The largest absolute Gasteiger partial charge is 0.486 e. The number of ether oxygens (including phenoxy) is 1. The Bertz CT molecular complexity index is 355. The van der Waals surface area contributed by atoms with E-state index in [0.717, 1.165) is 25.7 Å². The Morgan fingerprint density at radius 1 is 1.29 bits per heavy atom. The van der Waals surface area contributed by atoms with Crippen LogP contribution in [0.15, 0.2) is 18.2 Å². The molecule has 0 radical (unpaired) electrons. The monoisotopic (exact) mass is 258 g/mol. The fraction of sp³-hybridized carbons (Fsp3) is 0.538. The Labute approximate surface area is 105 Å². The van der Waals surface area contributed by atoms with Gasteiger partial charge in [-0.2, -0.15) is 0 Å². The van der Waals surface area contributed by atoms with E-state index < -0.39 is 5.82 Å². The molecule has 1 fully saturated rings. The highest BCUT2D eigenvalue weighted by molar-refractivity contribution is 6.32. The van der Waals surface area contributed by atoms with Gasteiger partial charge in [0.1, 0.15) is 0 Å². The molecule has 0 spiro atoms. The second-order valence-corrected chi connectivity index (χ2v) is 4.90. The van der Waals surface area contributed by atoms with Gasteiger partial charge in [0.2, 0.25) is 0 Å². The van der Waals surface area contributed by atoms with Crippen LogP contribution >= 0.6 is 11.6 Å². The Kier molecular flexibility index (Phi) is 4.24. The molecule has 0 unspecified atom stereocenters. The first-order valence-electron chi connectivity index (χ1n) is 5.92. The molecule has 4 heteroatoms. The molecule has 0 saturated heterocycles. The minimum Gasteiger partial charge on any atom is -0.486 e. The third-order valence-electron chi connectivity index (χ3n) is 3.26. The van der Waals surface area contributed by atoms with Crippen molar-refractivity contribution in [2.24, 2.45) is 5.92 Å². The van der Waals surface area contributed by atoms with Crippen LogP contribution in [0.5, 0.6) is 5.75 Å². The predicted molar refractivity (Wildman–Crippen MR) is 64.9 cm³/mol. The normalized spacial score (nSPS) is 24.6. The molecule has 2 rings (SSSR count). The summed E-state index contributed by atoms with van der Waals surface area (Å²) in [5.41, 5.74) is 0. The van der Waals surface area contributed by atoms with Crippen molar-refractivity contribution in [2.75, 3.05) is 6.61 Å². The SMILES string of the molecule is OCC1CCC(Oc2c(F)cccc2Cl)CC1. The maximum Gasteiger partial charge on any atom is 0.173 e. The fourth-order valence-electron chi connectivity index (χ4n) is 2.19. The van der Waals surface area contributed by atoms with E-state index in [2.05, 4.69) is 0 Å². The molecule has 1 aromatic rings. The van der Waals surface area contributed by atoms with Crippen molar-refractivity contribution in [2.45, 2.75) is 31.8 Å². The van der Waals surface area contributed by atoms with Crippen molar-refractivity contribution in [1.82, 2.24) is 0 Å². The van der Waals surface area contributed by atoms with Crippen molar-refractivity contribution in [3.63, 3.8) is 0 Å². The first-order chi connectivity index (χ1) is 8.20. The molecule has 1 saturated carbocycles. The van der Waals surface area contributed by atoms with E-state index in [-0.39, 0.29) is 18.5 Å². The van der Waals surface area contributed by atoms with Crippen LogP contribution in [0.3, 0.4) is 0 Å². The van der Waals surface area contributed by atoms with Crippen molar-refractivity contribution in [3.8, 4) is 5.75 Å². The number of aliphatic hydroxyl groups excluding tert-OH is 1. The molecule has 0 atom stereocenters. The van der Waals surface area contributed by atoms with Crippen LogP contribution in [0.2, 0.25) is 5.02 Å². The highest BCUT2D eigenvalue weighted by Gasteiger charge is 2.23. The molecule has 0 heterocycles.